The van der Waals surface area contributed by atoms with E-state index in [1.54, 1.807) is 21.3 Å². The lowest BCUT2D eigenvalue weighted by molar-refractivity contribution is 0.347. The molecule has 0 fully saturated rings. The zero-order chi connectivity index (χ0) is 21.1. The van der Waals surface area contributed by atoms with Crippen LogP contribution in [-0.4, -0.2) is 39.9 Å². The van der Waals surface area contributed by atoms with E-state index in [4.69, 9.17) is 19.2 Å². The van der Waals surface area contributed by atoms with Crippen molar-refractivity contribution in [2.75, 3.05) is 27.9 Å². The fourth-order valence-electron chi connectivity index (χ4n) is 3.03. The van der Waals surface area contributed by atoms with Crippen LogP contribution in [0.5, 0.6) is 17.2 Å². The number of methoxy groups -OCH3 is 3. The SMILES string of the molecule is CCNC(=NCc1cc(OC)c(OC)cc1OC)NC(C)CCc1ccccc1.I. The standard InChI is InChI=1S/C23H33N3O3.HI/c1-6-24-23(26-17(2)12-13-18-10-8-7-9-11-18)25-16-19-14-21(28-4)22(29-5)15-20(19)27-3;/h7-11,14-15,17H,6,12-13,16H2,1-5H3,(H2,24,25,26);1H. The Hall–Kier alpha value is -2.16. The molecule has 0 radical (unpaired) electrons. The topological polar surface area (TPSA) is 64.1 Å². The highest BCUT2D eigenvalue weighted by Gasteiger charge is 2.12. The molecule has 0 aromatic heterocycles. The average molecular weight is 527 g/mol. The van der Waals surface area contributed by atoms with Gasteiger partial charge in [0.25, 0.3) is 0 Å². The molecule has 0 heterocycles. The second-order valence-electron chi connectivity index (χ2n) is 6.78. The van der Waals surface area contributed by atoms with Gasteiger partial charge in [-0.05, 0) is 38.3 Å². The van der Waals surface area contributed by atoms with Gasteiger partial charge in [-0.15, -0.1) is 24.0 Å². The molecule has 2 N–H and O–H groups in total. The number of ether oxygens (including phenoxy) is 3. The fourth-order valence-corrected chi connectivity index (χ4v) is 3.03. The van der Waals surface area contributed by atoms with Crippen molar-refractivity contribution >= 4 is 29.9 Å². The molecule has 0 aliphatic carbocycles. The van der Waals surface area contributed by atoms with Crippen LogP contribution in [0.1, 0.15) is 31.4 Å². The van der Waals surface area contributed by atoms with E-state index in [0.717, 1.165) is 36.7 Å². The Bertz CT molecular complexity index is 785. The van der Waals surface area contributed by atoms with Crippen LogP contribution in [0.15, 0.2) is 47.5 Å². The highest BCUT2D eigenvalue weighted by Crippen LogP contribution is 2.34. The number of aryl methyl sites for hydroxylation is 1. The lowest BCUT2D eigenvalue weighted by Gasteiger charge is -2.18. The molecule has 2 rings (SSSR count). The molecule has 0 aliphatic rings. The van der Waals surface area contributed by atoms with E-state index >= 15 is 0 Å². The molecule has 0 spiro atoms. The predicted octanol–water partition coefficient (Wildman–Crippen LogP) is 4.41. The molecule has 0 aliphatic heterocycles. The number of rotatable bonds is 10. The summed E-state index contributed by atoms with van der Waals surface area (Å²) in [4.78, 5) is 4.74. The van der Waals surface area contributed by atoms with Gasteiger partial charge < -0.3 is 24.8 Å². The van der Waals surface area contributed by atoms with E-state index in [2.05, 4.69) is 48.7 Å². The first kappa shape index (κ1) is 25.9. The maximum Gasteiger partial charge on any atom is 0.191 e. The largest absolute Gasteiger partial charge is 0.496 e. The van der Waals surface area contributed by atoms with Crippen LogP contribution in [0.4, 0.5) is 0 Å². The first-order valence-electron chi connectivity index (χ1n) is 9.98. The minimum absolute atomic E-state index is 0. The number of benzene rings is 2. The first-order chi connectivity index (χ1) is 14.1. The second kappa shape index (κ2) is 14.0. The molecule has 6 nitrogen and oxygen atoms in total. The lowest BCUT2D eigenvalue weighted by atomic mass is 10.1. The van der Waals surface area contributed by atoms with Gasteiger partial charge in [-0.2, -0.15) is 0 Å². The summed E-state index contributed by atoms with van der Waals surface area (Å²) in [6.45, 7) is 5.49. The summed E-state index contributed by atoms with van der Waals surface area (Å²) in [6.07, 6.45) is 2.05. The van der Waals surface area contributed by atoms with Gasteiger partial charge in [-0.3, -0.25) is 0 Å². The van der Waals surface area contributed by atoms with E-state index in [1.165, 1.54) is 5.56 Å². The molecular weight excluding hydrogens is 493 g/mol. The van der Waals surface area contributed by atoms with Crippen LogP contribution in [0.25, 0.3) is 0 Å². The molecule has 30 heavy (non-hydrogen) atoms. The van der Waals surface area contributed by atoms with Gasteiger partial charge in [-0.1, -0.05) is 30.3 Å². The summed E-state index contributed by atoms with van der Waals surface area (Å²) in [7, 11) is 4.88. The molecule has 0 bridgehead atoms. The third-order valence-electron chi connectivity index (χ3n) is 4.63. The van der Waals surface area contributed by atoms with E-state index in [1.807, 2.05) is 18.2 Å². The molecule has 2 aromatic carbocycles. The Labute approximate surface area is 197 Å². The molecule has 0 amide bonds. The molecule has 1 atom stereocenters. The van der Waals surface area contributed by atoms with E-state index in [-0.39, 0.29) is 24.0 Å². The van der Waals surface area contributed by atoms with Crippen molar-refractivity contribution in [1.29, 1.82) is 0 Å². The van der Waals surface area contributed by atoms with Crippen LogP contribution in [0.3, 0.4) is 0 Å². The highest BCUT2D eigenvalue weighted by atomic mass is 127. The number of halogens is 1. The van der Waals surface area contributed by atoms with Gasteiger partial charge in [0.15, 0.2) is 17.5 Å². The van der Waals surface area contributed by atoms with Gasteiger partial charge in [0.2, 0.25) is 0 Å². The Kier molecular flexibility index (Phi) is 12.0. The summed E-state index contributed by atoms with van der Waals surface area (Å²) in [5, 5.41) is 6.80. The van der Waals surface area contributed by atoms with Crippen LogP contribution in [0, 0.1) is 0 Å². The molecule has 0 saturated heterocycles. The average Bonchev–Trinajstić information content (AvgIpc) is 2.76. The van der Waals surface area contributed by atoms with Crippen LogP contribution >= 0.6 is 24.0 Å². The Morgan fingerprint density at radius 3 is 2.20 bits per heavy atom. The fraction of sp³-hybridized carbons (Fsp3) is 0.435. The van der Waals surface area contributed by atoms with Crippen molar-refractivity contribution in [1.82, 2.24) is 10.6 Å². The third kappa shape index (κ3) is 7.93. The Balaban J connectivity index is 0.00000450. The normalized spacial score (nSPS) is 11.8. The van der Waals surface area contributed by atoms with Gasteiger partial charge in [0.05, 0.1) is 27.9 Å². The molecular formula is C23H34IN3O3. The molecule has 7 heteroatoms. The zero-order valence-corrected chi connectivity index (χ0v) is 20.9. The van der Waals surface area contributed by atoms with Gasteiger partial charge in [0, 0.05) is 24.2 Å². The lowest BCUT2D eigenvalue weighted by Crippen LogP contribution is -2.42. The number of hydrogen-bond donors (Lipinski definition) is 2. The van der Waals surface area contributed by atoms with Crippen molar-refractivity contribution in [3.8, 4) is 17.2 Å². The van der Waals surface area contributed by atoms with Crippen molar-refractivity contribution in [3.05, 3.63) is 53.6 Å². The Morgan fingerprint density at radius 1 is 0.967 bits per heavy atom. The zero-order valence-electron chi connectivity index (χ0n) is 18.5. The number of nitrogens with zero attached hydrogens (tertiary/aromatic N) is 1. The molecule has 1 unspecified atom stereocenters. The number of aliphatic imine (C=N–C) groups is 1. The molecule has 2 aromatic rings. The summed E-state index contributed by atoms with van der Waals surface area (Å²) in [5.41, 5.74) is 2.28. The van der Waals surface area contributed by atoms with E-state index < -0.39 is 0 Å². The van der Waals surface area contributed by atoms with Crippen molar-refractivity contribution < 1.29 is 14.2 Å². The first-order valence-corrected chi connectivity index (χ1v) is 9.98. The smallest absolute Gasteiger partial charge is 0.191 e. The minimum Gasteiger partial charge on any atom is -0.496 e. The molecule has 166 valence electrons. The van der Waals surface area contributed by atoms with Gasteiger partial charge in [0.1, 0.15) is 5.75 Å². The maximum absolute atomic E-state index is 5.50. The van der Waals surface area contributed by atoms with Gasteiger partial charge >= 0.3 is 0 Å². The van der Waals surface area contributed by atoms with Crippen LogP contribution < -0.4 is 24.8 Å². The number of nitrogens with one attached hydrogen (secondary N) is 2. The predicted molar refractivity (Wildman–Crippen MR) is 134 cm³/mol. The van der Waals surface area contributed by atoms with Crippen LogP contribution in [-0.2, 0) is 13.0 Å². The highest BCUT2D eigenvalue weighted by molar-refractivity contribution is 14.0. The van der Waals surface area contributed by atoms with Crippen LogP contribution in [0.2, 0.25) is 0 Å². The van der Waals surface area contributed by atoms with Crippen molar-refractivity contribution in [2.45, 2.75) is 39.3 Å². The monoisotopic (exact) mass is 527 g/mol. The Morgan fingerprint density at radius 2 is 1.60 bits per heavy atom. The van der Waals surface area contributed by atoms with Crippen molar-refractivity contribution in [2.24, 2.45) is 4.99 Å². The number of hydrogen-bond acceptors (Lipinski definition) is 4. The second-order valence-corrected chi connectivity index (χ2v) is 6.78. The number of guanidine groups is 1. The van der Waals surface area contributed by atoms with Gasteiger partial charge in [-0.25, -0.2) is 4.99 Å². The summed E-state index contributed by atoms with van der Waals surface area (Å²) in [5.74, 6) is 2.80. The third-order valence-corrected chi connectivity index (χ3v) is 4.63. The summed E-state index contributed by atoms with van der Waals surface area (Å²) < 4.78 is 16.3. The van der Waals surface area contributed by atoms with E-state index in [0.29, 0.717) is 24.1 Å². The molecule has 0 saturated carbocycles. The summed E-state index contributed by atoms with van der Waals surface area (Å²) >= 11 is 0. The van der Waals surface area contributed by atoms with E-state index in [9.17, 15) is 0 Å². The quantitative estimate of drug-likeness (QED) is 0.273. The van der Waals surface area contributed by atoms with Crippen molar-refractivity contribution in [3.63, 3.8) is 0 Å². The maximum atomic E-state index is 5.50. The summed E-state index contributed by atoms with van der Waals surface area (Å²) in [6, 6.07) is 14.6. The minimum atomic E-state index is 0.